The first-order valence-electron chi connectivity index (χ1n) is 17.2. The van der Waals surface area contributed by atoms with Crippen molar-refractivity contribution in [3.05, 3.63) is 48.6 Å². The Morgan fingerprint density at radius 1 is 0.681 bits per heavy atom. The van der Waals surface area contributed by atoms with E-state index in [1.807, 2.05) is 0 Å². The minimum absolute atomic E-state index is 0.108. The lowest BCUT2D eigenvalue weighted by Crippen LogP contribution is -2.34. The van der Waals surface area contributed by atoms with Gasteiger partial charge in [0, 0.05) is 12.8 Å². The maximum Gasteiger partial charge on any atom is 0.472 e. The summed E-state index contributed by atoms with van der Waals surface area (Å²) in [7, 11) is -4.71. The molecule has 270 valence electrons. The minimum atomic E-state index is -4.71. The number of ether oxygens (including phenoxy) is 2. The van der Waals surface area contributed by atoms with Crippen LogP contribution in [0.3, 0.4) is 0 Å². The highest BCUT2D eigenvalue weighted by atomic mass is 31.2. The summed E-state index contributed by atoms with van der Waals surface area (Å²) >= 11 is 0. The van der Waals surface area contributed by atoms with Gasteiger partial charge in [-0.15, -0.1) is 0 Å². The first-order chi connectivity index (χ1) is 22.6. The third-order valence-corrected chi connectivity index (χ3v) is 7.79. The van der Waals surface area contributed by atoms with E-state index < -0.39 is 51.1 Å². The number of phosphoric ester groups is 1. The van der Waals surface area contributed by atoms with Crippen molar-refractivity contribution in [3.8, 4) is 0 Å². The van der Waals surface area contributed by atoms with Crippen LogP contribution in [-0.4, -0.2) is 59.9 Å². The van der Waals surface area contributed by atoms with Gasteiger partial charge in [-0.05, 0) is 51.4 Å². The third-order valence-electron chi connectivity index (χ3n) is 6.84. The van der Waals surface area contributed by atoms with Gasteiger partial charge in [0.2, 0.25) is 0 Å². The Kier molecular flexibility index (Phi) is 29.1. The Labute approximate surface area is 282 Å². The smallest absolute Gasteiger partial charge is 0.472 e. The second-order valence-electron chi connectivity index (χ2n) is 11.3. The third kappa shape index (κ3) is 30.5. The monoisotopic (exact) mass is 685 g/mol. The number of rotatable bonds is 31. The molecule has 0 aromatic carbocycles. The summed E-state index contributed by atoms with van der Waals surface area (Å²) in [5.74, 6) is -2.45. The fourth-order valence-corrected chi connectivity index (χ4v) is 4.89. The molecule has 0 saturated carbocycles. The van der Waals surface area contributed by atoms with Crippen LogP contribution >= 0.6 is 7.82 Å². The van der Waals surface area contributed by atoms with E-state index in [1.54, 1.807) is 0 Å². The van der Waals surface area contributed by atoms with Crippen molar-refractivity contribution in [1.29, 1.82) is 0 Å². The molecule has 0 fully saturated rings. The fourth-order valence-electron chi connectivity index (χ4n) is 4.11. The number of carbonyl (C=O) groups excluding carboxylic acids is 2. The highest BCUT2D eigenvalue weighted by Gasteiger charge is 2.28. The number of carbonyl (C=O) groups is 3. The van der Waals surface area contributed by atoms with Crippen LogP contribution in [0.5, 0.6) is 0 Å². The zero-order chi connectivity index (χ0) is 35.0. The van der Waals surface area contributed by atoms with Crippen LogP contribution in [0.2, 0.25) is 0 Å². The van der Waals surface area contributed by atoms with Gasteiger partial charge in [-0.25, -0.2) is 4.57 Å². The molecule has 0 spiro atoms. The van der Waals surface area contributed by atoms with Gasteiger partial charge >= 0.3 is 25.7 Å². The number of carboxylic acids is 1. The van der Waals surface area contributed by atoms with Gasteiger partial charge in [-0.2, -0.15) is 0 Å². The molecule has 0 aliphatic carbocycles. The molecule has 4 N–H and O–H groups in total. The van der Waals surface area contributed by atoms with Crippen LogP contribution in [0.15, 0.2) is 48.6 Å². The van der Waals surface area contributed by atoms with E-state index in [1.165, 1.54) is 25.7 Å². The van der Waals surface area contributed by atoms with E-state index in [0.717, 1.165) is 57.8 Å². The average Bonchev–Trinajstić information content (AvgIpc) is 3.04. The van der Waals surface area contributed by atoms with Crippen LogP contribution in [0, 0.1) is 0 Å². The number of hydrogen-bond acceptors (Lipinski definition) is 9. The molecule has 0 aromatic rings. The number of esters is 2. The zero-order valence-electron chi connectivity index (χ0n) is 28.6. The lowest BCUT2D eigenvalue weighted by Gasteiger charge is -2.20. The van der Waals surface area contributed by atoms with Gasteiger partial charge in [0.15, 0.2) is 6.10 Å². The summed E-state index contributed by atoms with van der Waals surface area (Å²) in [6, 6.07) is -1.53. The van der Waals surface area contributed by atoms with Crippen LogP contribution in [0.4, 0.5) is 0 Å². The number of unbranched alkanes of at least 4 members (excludes halogenated alkanes) is 9. The van der Waals surface area contributed by atoms with Crippen molar-refractivity contribution < 1.29 is 47.5 Å². The molecular formula is C35H60NO10P. The van der Waals surface area contributed by atoms with Gasteiger partial charge in [-0.1, -0.05) is 107 Å². The molecule has 0 saturated heterocycles. The lowest BCUT2D eigenvalue weighted by molar-refractivity contribution is -0.161. The number of carboxylic acid groups (broad SMARTS) is 1. The second kappa shape index (κ2) is 30.8. The van der Waals surface area contributed by atoms with Gasteiger partial charge in [0.05, 0.1) is 13.2 Å². The number of aliphatic carboxylic acids is 1. The van der Waals surface area contributed by atoms with Crippen molar-refractivity contribution in [2.24, 2.45) is 5.73 Å². The predicted molar refractivity (Wildman–Crippen MR) is 185 cm³/mol. The summed E-state index contributed by atoms with van der Waals surface area (Å²) < 4.78 is 32.3. The first-order valence-corrected chi connectivity index (χ1v) is 18.7. The number of nitrogens with two attached hydrogens (primary N) is 1. The van der Waals surface area contributed by atoms with Crippen LogP contribution in [0.25, 0.3) is 0 Å². The van der Waals surface area contributed by atoms with Crippen molar-refractivity contribution in [3.63, 3.8) is 0 Å². The molecule has 3 unspecified atom stereocenters. The van der Waals surface area contributed by atoms with Crippen LogP contribution in [0.1, 0.15) is 123 Å². The van der Waals surface area contributed by atoms with E-state index in [0.29, 0.717) is 12.8 Å². The summed E-state index contributed by atoms with van der Waals surface area (Å²) in [4.78, 5) is 45.5. The molecule has 0 aromatic heterocycles. The summed E-state index contributed by atoms with van der Waals surface area (Å²) in [6.07, 6.45) is 30.7. The molecule has 0 aliphatic heterocycles. The molecule has 0 amide bonds. The van der Waals surface area contributed by atoms with Crippen molar-refractivity contribution in [2.75, 3.05) is 19.8 Å². The largest absolute Gasteiger partial charge is 0.480 e. The Balaban J connectivity index is 4.58. The van der Waals surface area contributed by atoms with E-state index in [9.17, 15) is 23.8 Å². The highest BCUT2D eigenvalue weighted by Crippen LogP contribution is 2.43. The molecule has 0 rings (SSSR count). The topological polar surface area (TPSA) is 172 Å². The van der Waals surface area contributed by atoms with Crippen LogP contribution < -0.4 is 5.73 Å². The van der Waals surface area contributed by atoms with E-state index in [-0.39, 0.29) is 19.4 Å². The normalized spacial score (nSPS) is 14.6. The summed E-state index contributed by atoms with van der Waals surface area (Å²) in [6.45, 7) is 2.56. The van der Waals surface area contributed by atoms with Gasteiger partial charge in [0.1, 0.15) is 12.6 Å². The predicted octanol–water partition coefficient (Wildman–Crippen LogP) is 7.88. The quantitative estimate of drug-likeness (QED) is 0.0280. The molecule has 11 nitrogen and oxygen atoms in total. The van der Waals surface area contributed by atoms with Crippen LogP contribution in [-0.2, 0) is 37.5 Å². The average molecular weight is 686 g/mol. The minimum Gasteiger partial charge on any atom is -0.480 e. The van der Waals surface area contributed by atoms with E-state index in [4.69, 9.17) is 24.8 Å². The Hall–Kier alpha value is -2.56. The highest BCUT2D eigenvalue weighted by molar-refractivity contribution is 7.47. The van der Waals surface area contributed by atoms with Gasteiger partial charge < -0.3 is 25.2 Å². The van der Waals surface area contributed by atoms with E-state index >= 15 is 0 Å². The van der Waals surface area contributed by atoms with Crippen molar-refractivity contribution in [2.45, 2.75) is 135 Å². The first kappa shape index (κ1) is 44.4. The van der Waals surface area contributed by atoms with Crippen molar-refractivity contribution >= 4 is 25.7 Å². The lowest BCUT2D eigenvalue weighted by atomic mass is 10.1. The standard InChI is InChI=1S/C35H60NO10P/c1-3-5-7-9-11-13-14-15-16-17-18-19-21-23-25-27-34(38)46-31(29-44-47(41,42)45-30-32(36)35(39)40)28-43-33(37)26-24-22-20-12-10-8-6-4-2/h5,7,11,13,15-16,18-19,31-32H,3-4,6,8-10,12,14,17,20-30,36H2,1-2H3,(H,39,40)(H,41,42)/b7-5-,13-11-,16-15-,19-18-. The summed E-state index contributed by atoms with van der Waals surface area (Å²) in [5.41, 5.74) is 5.29. The summed E-state index contributed by atoms with van der Waals surface area (Å²) in [5, 5.41) is 8.83. The molecule has 12 heteroatoms. The SMILES string of the molecule is CC/C=C\C/C=C\C/C=C\C/C=C\CCCCC(=O)OC(COC(=O)CCCCCCCCCC)COP(=O)(O)OCC(N)C(=O)O. The van der Waals surface area contributed by atoms with Gasteiger partial charge in [0.25, 0.3) is 0 Å². The maximum atomic E-state index is 12.5. The molecule has 0 heterocycles. The molecule has 47 heavy (non-hydrogen) atoms. The fraction of sp³-hybridized carbons (Fsp3) is 0.686. The Bertz CT molecular complexity index is 995. The molecule has 0 radical (unpaired) electrons. The molecular weight excluding hydrogens is 625 g/mol. The van der Waals surface area contributed by atoms with Gasteiger partial charge in [-0.3, -0.25) is 23.4 Å². The Morgan fingerprint density at radius 3 is 1.79 bits per heavy atom. The second-order valence-corrected chi connectivity index (χ2v) is 12.7. The Morgan fingerprint density at radius 2 is 1.19 bits per heavy atom. The van der Waals surface area contributed by atoms with Crippen molar-refractivity contribution in [1.82, 2.24) is 0 Å². The number of allylic oxidation sites excluding steroid dienone is 8. The number of hydrogen-bond donors (Lipinski definition) is 3. The zero-order valence-corrected chi connectivity index (χ0v) is 29.5. The molecule has 0 aliphatic rings. The molecule has 3 atom stereocenters. The molecule has 0 bridgehead atoms. The van der Waals surface area contributed by atoms with E-state index in [2.05, 4.69) is 67.0 Å². The maximum absolute atomic E-state index is 12.5. The number of phosphoric acid groups is 1.